The molecule has 108 valence electrons. The Morgan fingerprint density at radius 1 is 1.19 bits per heavy atom. The monoisotopic (exact) mass is 307 g/mol. The van der Waals surface area contributed by atoms with Crippen LogP contribution in [0.3, 0.4) is 0 Å². The summed E-state index contributed by atoms with van der Waals surface area (Å²) in [6.07, 6.45) is 0. The van der Waals surface area contributed by atoms with Gasteiger partial charge in [0, 0.05) is 16.3 Å². The van der Waals surface area contributed by atoms with E-state index < -0.39 is 23.3 Å². The second-order valence-corrected chi connectivity index (χ2v) is 4.83. The van der Waals surface area contributed by atoms with Crippen molar-refractivity contribution in [3.63, 3.8) is 0 Å². The average molecular weight is 308 g/mol. The number of anilines is 1. The van der Waals surface area contributed by atoms with Crippen LogP contribution in [0, 0.1) is 12.7 Å². The van der Waals surface area contributed by atoms with Gasteiger partial charge in [0.05, 0.1) is 5.56 Å². The summed E-state index contributed by atoms with van der Waals surface area (Å²) in [6.45, 7) is 1.81. The Balaban J connectivity index is 2.21. The molecule has 0 radical (unpaired) electrons. The van der Waals surface area contributed by atoms with Crippen molar-refractivity contribution in [3.8, 4) is 0 Å². The Labute approximate surface area is 125 Å². The maximum atomic E-state index is 13.5. The molecule has 21 heavy (non-hydrogen) atoms. The van der Waals surface area contributed by atoms with E-state index in [4.69, 9.17) is 16.7 Å². The van der Waals surface area contributed by atoms with Crippen LogP contribution in [-0.2, 0) is 0 Å². The number of halogens is 2. The van der Waals surface area contributed by atoms with Gasteiger partial charge in [0.15, 0.2) is 0 Å². The zero-order valence-corrected chi connectivity index (χ0v) is 11.7. The van der Waals surface area contributed by atoms with Crippen LogP contribution in [0.1, 0.15) is 26.3 Å². The Morgan fingerprint density at radius 3 is 2.48 bits per heavy atom. The van der Waals surface area contributed by atoms with Gasteiger partial charge in [-0.2, -0.15) is 0 Å². The van der Waals surface area contributed by atoms with Gasteiger partial charge in [0.1, 0.15) is 5.82 Å². The third-order valence-corrected chi connectivity index (χ3v) is 3.30. The van der Waals surface area contributed by atoms with Gasteiger partial charge in [0.2, 0.25) is 0 Å². The summed E-state index contributed by atoms with van der Waals surface area (Å²) in [7, 11) is 0. The summed E-state index contributed by atoms with van der Waals surface area (Å²) in [6, 6.07) is 8.17. The Bertz CT molecular complexity index is 731. The van der Waals surface area contributed by atoms with Gasteiger partial charge in [-0.3, -0.25) is 4.79 Å². The Morgan fingerprint density at radius 2 is 1.90 bits per heavy atom. The molecule has 0 aliphatic carbocycles. The smallest absolute Gasteiger partial charge is 0.338 e. The van der Waals surface area contributed by atoms with Gasteiger partial charge in [-0.25, -0.2) is 9.18 Å². The first kappa shape index (κ1) is 15.0. The number of nitrogens with one attached hydrogen (secondary N) is 1. The molecule has 1 amide bonds. The standard InChI is InChI=1S/C15H11ClFNO3/c1-8-2-3-9(6-12(8)16)14(19)18-10-4-5-11(15(20)21)13(17)7-10/h2-7H,1H3,(H,18,19)(H,20,21). The Kier molecular flexibility index (Phi) is 4.23. The molecule has 0 saturated heterocycles. The van der Waals surface area contributed by atoms with Crippen LogP contribution < -0.4 is 5.32 Å². The summed E-state index contributed by atoms with van der Waals surface area (Å²) in [5.74, 6) is -2.74. The minimum Gasteiger partial charge on any atom is -0.478 e. The molecule has 4 nitrogen and oxygen atoms in total. The third-order valence-electron chi connectivity index (χ3n) is 2.89. The number of rotatable bonds is 3. The lowest BCUT2D eigenvalue weighted by molar-refractivity contribution is 0.0692. The molecule has 2 rings (SSSR count). The highest BCUT2D eigenvalue weighted by Crippen LogP contribution is 2.19. The summed E-state index contributed by atoms with van der Waals surface area (Å²) in [5.41, 5.74) is 0.879. The van der Waals surface area contributed by atoms with E-state index in [2.05, 4.69) is 5.32 Å². The molecule has 2 aromatic rings. The van der Waals surface area contributed by atoms with Crippen LogP contribution in [0.4, 0.5) is 10.1 Å². The number of aromatic carboxylic acids is 1. The number of carbonyl (C=O) groups excluding carboxylic acids is 1. The zero-order chi connectivity index (χ0) is 15.6. The fourth-order valence-corrected chi connectivity index (χ4v) is 1.88. The lowest BCUT2D eigenvalue weighted by Crippen LogP contribution is -2.12. The maximum absolute atomic E-state index is 13.5. The van der Waals surface area contributed by atoms with Crippen LogP contribution in [-0.4, -0.2) is 17.0 Å². The largest absolute Gasteiger partial charge is 0.478 e. The predicted molar refractivity (Wildman–Crippen MR) is 77.5 cm³/mol. The van der Waals surface area contributed by atoms with E-state index in [1.54, 1.807) is 12.1 Å². The minimum atomic E-state index is -1.37. The molecule has 0 bridgehead atoms. The van der Waals surface area contributed by atoms with E-state index in [-0.39, 0.29) is 5.69 Å². The topological polar surface area (TPSA) is 66.4 Å². The molecule has 2 aromatic carbocycles. The van der Waals surface area contributed by atoms with Crippen molar-refractivity contribution in [2.24, 2.45) is 0 Å². The molecule has 0 aliphatic heterocycles. The van der Waals surface area contributed by atoms with Crippen molar-refractivity contribution in [3.05, 3.63) is 63.9 Å². The number of aryl methyl sites for hydroxylation is 1. The maximum Gasteiger partial charge on any atom is 0.338 e. The molecule has 0 atom stereocenters. The molecular formula is C15H11ClFNO3. The fourth-order valence-electron chi connectivity index (χ4n) is 1.70. The summed E-state index contributed by atoms with van der Waals surface area (Å²) < 4.78 is 13.5. The van der Waals surface area contributed by atoms with E-state index in [0.717, 1.165) is 17.7 Å². The van der Waals surface area contributed by atoms with Crippen molar-refractivity contribution >= 4 is 29.2 Å². The second-order valence-electron chi connectivity index (χ2n) is 4.42. The van der Waals surface area contributed by atoms with Crippen molar-refractivity contribution in [2.45, 2.75) is 6.92 Å². The van der Waals surface area contributed by atoms with Gasteiger partial charge in [-0.1, -0.05) is 17.7 Å². The van der Waals surface area contributed by atoms with Crippen molar-refractivity contribution < 1.29 is 19.1 Å². The molecule has 0 unspecified atom stereocenters. The summed E-state index contributed by atoms with van der Waals surface area (Å²) in [4.78, 5) is 22.7. The molecule has 0 heterocycles. The van der Waals surface area contributed by atoms with E-state index in [0.29, 0.717) is 10.6 Å². The van der Waals surface area contributed by atoms with Gasteiger partial charge < -0.3 is 10.4 Å². The van der Waals surface area contributed by atoms with E-state index in [1.807, 2.05) is 6.92 Å². The van der Waals surface area contributed by atoms with E-state index >= 15 is 0 Å². The number of hydrogen-bond acceptors (Lipinski definition) is 2. The number of carbonyl (C=O) groups is 2. The van der Waals surface area contributed by atoms with Gasteiger partial charge in [-0.05, 0) is 42.8 Å². The third kappa shape index (κ3) is 3.38. The molecule has 0 aromatic heterocycles. The summed E-state index contributed by atoms with van der Waals surface area (Å²) in [5, 5.41) is 11.7. The first-order valence-corrected chi connectivity index (χ1v) is 6.36. The number of amides is 1. The van der Waals surface area contributed by atoms with Gasteiger partial charge >= 0.3 is 5.97 Å². The molecule has 0 aliphatic rings. The van der Waals surface area contributed by atoms with Gasteiger partial charge in [0.25, 0.3) is 5.91 Å². The highest BCUT2D eigenvalue weighted by Gasteiger charge is 2.12. The average Bonchev–Trinajstić information content (AvgIpc) is 2.41. The molecule has 2 N–H and O–H groups in total. The number of carboxylic acids is 1. The van der Waals surface area contributed by atoms with Crippen LogP contribution >= 0.6 is 11.6 Å². The Hall–Kier alpha value is -2.40. The van der Waals surface area contributed by atoms with E-state index in [1.165, 1.54) is 12.1 Å². The first-order chi connectivity index (χ1) is 9.88. The minimum absolute atomic E-state index is 0.166. The van der Waals surface area contributed by atoms with Crippen LogP contribution in [0.15, 0.2) is 36.4 Å². The molecule has 0 fully saturated rings. The van der Waals surface area contributed by atoms with Crippen molar-refractivity contribution in [2.75, 3.05) is 5.32 Å². The fraction of sp³-hybridized carbons (Fsp3) is 0.0667. The second kappa shape index (κ2) is 5.93. The zero-order valence-electron chi connectivity index (χ0n) is 11.0. The molecule has 6 heteroatoms. The predicted octanol–water partition coefficient (Wildman–Crippen LogP) is 3.74. The van der Waals surface area contributed by atoms with E-state index in [9.17, 15) is 14.0 Å². The highest BCUT2D eigenvalue weighted by molar-refractivity contribution is 6.31. The molecule has 0 saturated carbocycles. The van der Waals surface area contributed by atoms with Gasteiger partial charge in [-0.15, -0.1) is 0 Å². The highest BCUT2D eigenvalue weighted by atomic mass is 35.5. The molecule has 0 spiro atoms. The number of carboxylic acid groups (broad SMARTS) is 1. The lowest BCUT2D eigenvalue weighted by Gasteiger charge is -2.07. The summed E-state index contributed by atoms with van der Waals surface area (Å²) >= 11 is 5.94. The van der Waals surface area contributed by atoms with Crippen LogP contribution in [0.2, 0.25) is 5.02 Å². The van der Waals surface area contributed by atoms with Crippen molar-refractivity contribution in [1.29, 1.82) is 0 Å². The SMILES string of the molecule is Cc1ccc(C(=O)Nc2ccc(C(=O)O)c(F)c2)cc1Cl. The quantitative estimate of drug-likeness (QED) is 0.907. The number of benzene rings is 2. The number of hydrogen-bond donors (Lipinski definition) is 2. The lowest BCUT2D eigenvalue weighted by atomic mass is 10.1. The first-order valence-electron chi connectivity index (χ1n) is 5.99. The normalized spacial score (nSPS) is 10.2. The van der Waals surface area contributed by atoms with Crippen LogP contribution in [0.25, 0.3) is 0 Å². The van der Waals surface area contributed by atoms with Crippen LogP contribution in [0.5, 0.6) is 0 Å². The van der Waals surface area contributed by atoms with Crippen molar-refractivity contribution in [1.82, 2.24) is 0 Å². The molecular weight excluding hydrogens is 297 g/mol.